The zero-order chi connectivity index (χ0) is 19.0. The zero-order valence-corrected chi connectivity index (χ0v) is 15.5. The minimum absolute atomic E-state index is 0.492. The molecule has 0 fully saturated rings. The highest BCUT2D eigenvalue weighted by molar-refractivity contribution is 5.84. The highest BCUT2D eigenvalue weighted by Crippen LogP contribution is 2.17. The lowest BCUT2D eigenvalue weighted by Crippen LogP contribution is -2.27. The number of amides is 1. The third-order valence-corrected chi connectivity index (χ3v) is 3.15. The highest BCUT2D eigenvalue weighted by Gasteiger charge is 2.16. The number of anilines is 2. The van der Waals surface area contributed by atoms with E-state index in [1.807, 2.05) is 45.0 Å². The molecule has 2 rings (SSSR count). The van der Waals surface area contributed by atoms with Crippen molar-refractivity contribution < 1.29 is 19.0 Å². The van der Waals surface area contributed by atoms with Gasteiger partial charge in [-0.25, -0.2) is 9.78 Å². The summed E-state index contributed by atoms with van der Waals surface area (Å²) < 4.78 is 15.9. The number of benzene rings is 1. The Bertz CT molecular complexity index is 694. The molecular formula is C19H25N3O4. The molecule has 26 heavy (non-hydrogen) atoms. The fourth-order valence-corrected chi connectivity index (χ4v) is 2.01. The number of hydrogen-bond acceptors (Lipinski definition) is 6. The van der Waals surface area contributed by atoms with Crippen molar-refractivity contribution in [3.8, 4) is 11.5 Å². The predicted octanol–water partition coefficient (Wildman–Crippen LogP) is 3.93. The van der Waals surface area contributed by atoms with Gasteiger partial charge >= 0.3 is 6.09 Å². The molecule has 1 aromatic carbocycles. The molecule has 0 radical (unpaired) electrons. The van der Waals surface area contributed by atoms with Crippen molar-refractivity contribution in [3.05, 3.63) is 42.6 Å². The summed E-state index contributed by atoms with van der Waals surface area (Å²) in [7, 11) is 1.63. The van der Waals surface area contributed by atoms with Gasteiger partial charge in [0.15, 0.2) is 0 Å². The van der Waals surface area contributed by atoms with Gasteiger partial charge in [0.25, 0.3) is 0 Å². The minimum Gasteiger partial charge on any atom is -0.497 e. The van der Waals surface area contributed by atoms with Crippen molar-refractivity contribution in [1.82, 2.24) is 4.98 Å². The number of pyridine rings is 1. The van der Waals surface area contributed by atoms with Crippen LogP contribution in [0.15, 0.2) is 42.6 Å². The van der Waals surface area contributed by atoms with Crippen molar-refractivity contribution in [1.29, 1.82) is 0 Å². The van der Waals surface area contributed by atoms with E-state index in [1.54, 1.807) is 25.4 Å². The third-order valence-electron chi connectivity index (χ3n) is 3.15. The van der Waals surface area contributed by atoms with Gasteiger partial charge in [0.2, 0.25) is 0 Å². The van der Waals surface area contributed by atoms with E-state index in [1.165, 1.54) is 0 Å². The molecule has 0 aliphatic rings. The van der Waals surface area contributed by atoms with Gasteiger partial charge in [0.1, 0.15) is 29.5 Å². The van der Waals surface area contributed by atoms with Crippen LogP contribution in [0.1, 0.15) is 20.8 Å². The van der Waals surface area contributed by atoms with Gasteiger partial charge in [0, 0.05) is 0 Å². The van der Waals surface area contributed by atoms with E-state index in [0.29, 0.717) is 24.7 Å². The lowest BCUT2D eigenvalue weighted by atomic mass is 10.2. The van der Waals surface area contributed by atoms with E-state index in [2.05, 4.69) is 15.6 Å². The Morgan fingerprint density at radius 3 is 2.35 bits per heavy atom. The Hall–Kier alpha value is -2.96. The number of rotatable bonds is 7. The summed E-state index contributed by atoms with van der Waals surface area (Å²) in [5, 5.41) is 5.79. The summed E-state index contributed by atoms with van der Waals surface area (Å²) in [5.74, 6) is 2.26. The summed E-state index contributed by atoms with van der Waals surface area (Å²) in [6.45, 7) is 6.52. The molecule has 0 aliphatic heterocycles. The fraction of sp³-hybridized carbons (Fsp3) is 0.368. The Morgan fingerprint density at radius 1 is 1.08 bits per heavy atom. The van der Waals surface area contributed by atoms with E-state index >= 15 is 0 Å². The molecule has 140 valence electrons. The molecule has 1 heterocycles. The molecule has 0 aliphatic carbocycles. The van der Waals surface area contributed by atoms with Crippen molar-refractivity contribution in [2.45, 2.75) is 26.4 Å². The smallest absolute Gasteiger partial charge is 0.412 e. The van der Waals surface area contributed by atoms with Crippen LogP contribution < -0.4 is 20.1 Å². The number of carbonyl (C=O) groups excluding carboxylic acids is 1. The Morgan fingerprint density at radius 2 is 1.77 bits per heavy atom. The average molecular weight is 359 g/mol. The number of methoxy groups -OCH3 is 1. The molecule has 7 nitrogen and oxygen atoms in total. The van der Waals surface area contributed by atoms with Crippen molar-refractivity contribution in [2.24, 2.45) is 0 Å². The first-order valence-electron chi connectivity index (χ1n) is 8.32. The molecule has 7 heteroatoms. The maximum Gasteiger partial charge on any atom is 0.412 e. The van der Waals surface area contributed by atoms with Gasteiger partial charge < -0.3 is 19.5 Å². The van der Waals surface area contributed by atoms with Crippen LogP contribution in [0.4, 0.5) is 16.3 Å². The summed E-state index contributed by atoms with van der Waals surface area (Å²) >= 11 is 0. The van der Waals surface area contributed by atoms with Crippen molar-refractivity contribution in [2.75, 3.05) is 30.9 Å². The molecule has 1 aromatic heterocycles. The molecule has 2 aromatic rings. The van der Waals surface area contributed by atoms with Crippen LogP contribution in [0.3, 0.4) is 0 Å². The number of ether oxygens (including phenoxy) is 3. The number of carbonyl (C=O) groups is 1. The topological polar surface area (TPSA) is 81.7 Å². The third kappa shape index (κ3) is 6.88. The van der Waals surface area contributed by atoms with Crippen molar-refractivity contribution >= 4 is 17.6 Å². The number of aromatic nitrogens is 1. The monoisotopic (exact) mass is 359 g/mol. The molecule has 1 amide bonds. The number of hydrogen-bond donors (Lipinski definition) is 2. The van der Waals surface area contributed by atoms with Gasteiger partial charge in [-0.1, -0.05) is 0 Å². The SMILES string of the molecule is COc1ccc(OCCNc2ccc(NC(=O)OC(C)(C)C)cn2)cc1. The molecule has 0 bridgehead atoms. The Kier molecular flexibility index (Phi) is 6.66. The number of nitrogens with one attached hydrogen (secondary N) is 2. The summed E-state index contributed by atoms with van der Waals surface area (Å²) in [5.41, 5.74) is 0.0300. The lowest BCUT2D eigenvalue weighted by Gasteiger charge is -2.19. The largest absolute Gasteiger partial charge is 0.497 e. The van der Waals surface area contributed by atoms with Gasteiger partial charge in [-0.2, -0.15) is 0 Å². The van der Waals surface area contributed by atoms with Gasteiger partial charge in [-0.15, -0.1) is 0 Å². The Balaban J connectivity index is 1.72. The molecule has 0 spiro atoms. The van der Waals surface area contributed by atoms with Gasteiger partial charge in [-0.3, -0.25) is 5.32 Å². The second-order valence-corrected chi connectivity index (χ2v) is 6.51. The van der Waals surface area contributed by atoms with Crippen molar-refractivity contribution in [3.63, 3.8) is 0 Å². The maximum atomic E-state index is 11.7. The normalized spacial score (nSPS) is 10.8. The number of nitrogens with zero attached hydrogens (tertiary/aromatic N) is 1. The summed E-state index contributed by atoms with van der Waals surface area (Å²) in [6, 6.07) is 10.9. The van der Waals surface area contributed by atoms with Crippen LogP contribution in [-0.2, 0) is 4.74 Å². The van der Waals surface area contributed by atoms with Gasteiger partial charge in [0.05, 0.1) is 25.5 Å². The van der Waals surface area contributed by atoms with Crippen LogP contribution >= 0.6 is 0 Å². The van der Waals surface area contributed by atoms with E-state index < -0.39 is 11.7 Å². The van der Waals surface area contributed by atoms with E-state index in [4.69, 9.17) is 14.2 Å². The van der Waals surface area contributed by atoms with Crippen LogP contribution in [0.25, 0.3) is 0 Å². The van der Waals surface area contributed by atoms with Gasteiger partial charge in [-0.05, 0) is 57.2 Å². The first kappa shape index (κ1) is 19.4. The van der Waals surface area contributed by atoms with E-state index in [9.17, 15) is 4.79 Å². The van der Waals surface area contributed by atoms with Crippen LogP contribution in [0.2, 0.25) is 0 Å². The quantitative estimate of drug-likeness (QED) is 0.729. The molecule has 0 atom stereocenters. The highest BCUT2D eigenvalue weighted by atomic mass is 16.6. The van der Waals surface area contributed by atoms with Crippen LogP contribution in [0.5, 0.6) is 11.5 Å². The van der Waals surface area contributed by atoms with Crippen LogP contribution in [0, 0.1) is 0 Å². The maximum absolute atomic E-state index is 11.7. The first-order chi connectivity index (χ1) is 12.4. The Labute approximate surface area is 153 Å². The molecular weight excluding hydrogens is 334 g/mol. The minimum atomic E-state index is -0.539. The van der Waals surface area contributed by atoms with E-state index in [-0.39, 0.29) is 0 Å². The predicted molar refractivity (Wildman–Crippen MR) is 101 cm³/mol. The molecule has 0 unspecified atom stereocenters. The second-order valence-electron chi connectivity index (χ2n) is 6.51. The molecule has 2 N–H and O–H groups in total. The standard InChI is InChI=1S/C19H25N3O4/c1-19(2,3)26-18(23)22-14-5-10-17(21-13-14)20-11-12-25-16-8-6-15(24-4)7-9-16/h5-10,13H,11-12H2,1-4H3,(H,20,21)(H,22,23). The lowest BCUT2D eigenvalue weighted by molar-refractivity contribution is 0.0636. The molecule has 0 saturated carbocycles. The second kappa shape index (κ2) is 8.94. The average Bonchev–Trinajstić information content (AvgIpc) is 2.59. The zero-order valence-electron chi connectivity index (χ0n) is 15.5. The van der Waals surface area contributed by atoms with E-state index in [0.717, 1.165) is 11.5 Å². The first-order valence-corrected chi connectivity index (χ1v) is 8.32. The van der Waals surface area contributed by atoms with Crippen LogP contribution in [-0.4, -0.2) is 36.9 Å². The molecule has 0 saturated heterocycles. The summed E-state index contributed by atoms with van der Waals surface area (Å²) in [6.07, 6.45) is 1.06. The fourth-order valence-electron chi connectivity index (χ4n) is 2.01. The summed E-state index contributed by atoms with van der Waals surface area (Å²) in [4.78, 5) is 15.9.